The van der Waals surface area contributed by atoms with Gasteiger partial charge in [-0.2, -0.15) is 0 Å². The van der Waals surface area contributed by atoms with Crippen LogP contribution in [-0.2, 0) is 12.8 Å². The van der Waals surface area contributed by atoms with Crippen LogP contribution in [0.2, 0.25) is 0 Å². The van der Waals surface area contributed by atoms with Gasteiger partial charge in [-0.25, -0.2) is 0 Å². The van der Waals surface area contributed by atoms with E-state index in [9.17, 15) is 5.53 Å². The van der Waals surface area contributed by atoms with Gasteiger partial charge in [-0.05, 0) is 103 Å². The molecule has 0 radical (unpaired) electrons. The zero-order valence-corrected chi connectivity index (χ0v) is 35.7. The summed E-state index contributed by atoms with van der Waals surface area (Å²) < 4.78 is 0. The zero-order valence-electron chi connectivity index (χ0n) is 35.7. The molecule has 0 N–H and O–H groups in total. The van der Waals surface area contributed by atoms with Crippen molar-refractivity contribution in [2.45, 2.75) is 208 Å². The number of allylic oxidation sites excluding steroid dienone is 2. The molecule has 0 spiro atoms. The molecule has 2 heteroatoms. The molecule has 294 valence electrons. The Morgan fingerprint density at radius 3 is 1.39 bits per heavy atom. The van der Waals surface area contributed by atoms with Gasteiger partial charge < -0.3 is 5.53 Å². The van der Waals surface area contributed by atoms with E-state index in [-0.39, 0.29) is 0 Å². The summed E-state index contributed by atoms with van der Waals surface area (Å²) in [6.07, 6.45) is 30.4. The first kappa shape index (κ1) is 46.6. The van der Waals surface area contributed by atoms with Crippen LogP contribution in [0.15, 0.2) is 47.5 Å². The van der Waals surface area contributed by atoms with Crippen molar-refractivity contribution in [1.29, 1.82) is 0 Å². The fourth-order valence-corrected chi connectivity index (χ4v) is 7.26. The maximum Gasteiger partial charge on any atom is 0.303 e. The molecule has 0 aliphatic rings. The Balaban J connectivity index is 2.80. The topological polar surface area (TPSA) is 36.4 Å². The molecule has 2 nitrogen and oxygen atoms in total. The largest absolute Gasteiger partial charge is 0.348 e. The number of hydrogen-bond donors (Lipinski definition) is 0. The average Bonchev–Trinajstić information content (AvgIpc) is 3.19. The quantitative estimate of drug-likeness (QED) is 0.0219. The second kappa shape index (κ2) is 30.7. The second-order valence-electron chi connectivity index (χ2n) is 15.3. The Morgan fingerprint density at radius 2 is 0.926 bits per heavy atom. The van der Waals surface area contributed by atoms with Gasteiger partial charge in [-0.15, -0.1) is 4.79 Å². The molecular weight excluding hydrogens is 653 g/mol. The molecule has 0 saturated heterocycles. The van der Waals surface area contributed by atoms with Crippen LogP contribution in [0, 0.1) is 23.7 Å². The number of rotatable bonds is 27. The highest BCUT2D eigenvalue weighted by atomic mass is 14.8. The summed E-state index contributed by atoms with van der Waals surface area (Å²) in [7, 11) is 0. The van der Waals surface area contributed by atoms with E-state index in [1.165, 1.54) is 124 Å². The number of nitrogens with zero attached hydrogens (tertiary/aromatic N) is 2. The van der Waals surface area contributed by atoms with Gasteiger partial charge in [0.2, 0.25) is 0 Å². The molecule has 0 atom stereocenters. The second-order valence-corrected chi connectivity index (χ2v) is 15.3. The first-order valence-electron chi connectivity index (χ1n) is 22.5. The van der Waals surface area contributed by atoms with E-state index < -0.39 is 0 Å². The van der Waals surface area contributed by atoms with Gasteiger partial charge in [-0.1, -0.05) is 186 Å². The smallest absolute Gasteiger partial charge is 0.303 e. The molecular formula is C52H76N2. The molecule has 54 heavy (non-hydrogen) atoms. The standard InChI is InChI=1S/C52H76N2/c1-7-13-17-20-23-25-27-30-33-46-38-47(34-31-28-26-24-21-18-14-8-2)42-50(41-46)52(49-39-44(11-5)37-45(12-6)40-49)51(36-32-29-22-19-15-9-3)48(43-54-53)35-16-10-4/h37-42H,7-29,32,35-36H2,1-6H3. The van der Waals surface area contributed by atoms with E-state index in [1.54, 1.807) is 0 Å². The lowest BCUT2D eigenvalue weighted by molar-refractivity contribution is 0.00739. The SMILES string of the molecule is CCCCCCCCC#Cc1cc(C#CCCCCCCCC)cc(C(=C(CCCCCCCC)C(=C=[N+]=[N-])CCCC)c2cc(CC)cc(CC)c2)c1. The Hall–Kier alpha value is -3.54. The third kappa shape index (κ3) is 19.2. The fraction of sp³-hybridized carbons (Fsp3) is 0.615. The summed E-state index contributed by atoms with van der Waals surface area (Å²) in [5.41, 5.74) is 20.7. The third-order valence-corrected chi connectivity index (χ3v) is 10.6. The minimum Gasteiger partial charge on any atom is -0.348 e. The van der Waals surface area contributed by atoms with Gasteiger partial charge in [0.15, 0.2) is 0 Å². The summed E-state index contributed by atoms with van der Waals surface area (Å²) in [5.74, 6) is 17.4. The minimum absolute atomic E-state index is 0.839. The lowest BCUT2D eigenvalue weighted by Gasteiger charge is -2.20. The molecule has 0 aliphatic carbocycles. The van der Waals surface area contributed by atoms with E-state index in [4.69, 9.17) is 0 Å². The van der Waals surface area contributed by atoms with Crippen LogP contribution in [0.25, 0.3) is 11.1 Å². The maximum absolute atomic E-state index is 9.97. The molecule has 2 aromatic rings. The molecule has 0 bridgehead atoms. The molecule has 0 saturated carbocycles. The van der Waals surface area contributed by atoms with Crippen LogP contribution in [0.3, 0.4) is 0 Å². The Morgan fingerprint density at radius 1 is 0.481 bits per heavy atom. The minimum atomic E-state index is 0.839. The molecule has 0 fully saturated rings. The number of aryl methyl sites for hydroxylation is 2. The highest BCUT2D eigenvalue weighted by Crippen LogP contribution is 2.36. The van der Waals surface area contributed by atoms with Crippen molar-refractivity contribution in [3.05, 3.63) is 86.5 Å². The summed E-state index contributed by atoms with van der Waals surface area (Å²) in [6, 6.07) is 14.0. The molecule has 0 heterocycles. The highest BCUT2D eigenvalue weighted by Gasteiger charge is 2.20. The van der Waals surface area contributed by atoms with Gasteiger partial charge in [0.05, 0.1) is 5.57 Å². The number of unbranched alkanes of at least 4 members (excludes halogenated alkanes) is 18. The predicted molar refractivity (Wildman–Crippen MR) is 237 cm³/mol. The lowest BCUT2D eigenvalue weighted by atomic mass is 9.83. The van der Waals surface area contributed by atoms with E-state index >= 15 is 0 Å². The zero-order chi connectivity index (χ0) is 39.1. The summed E-state index contributed by atoms with van der Waals surface area (Å²) in [4.78, 5) is 3.55. The average molecular weight is 729 g/mol. The van der Waals surface area contributed by atoms with Crippen molar-refractivity contribution in [1.82, 2.24) is 0 Å². The summed E-state index contributed by atoms with van der Waals surface area (Å²) in [5, 5.41) is 0. The van der Waals surface area contributed by atoms with Crippen LogP contribution >= 0.6 is 0 Å². The normalized spacial score (nSPS) is 11.1. The van der Waals surface area contributed by atoms with Crippen LogP contribution < -0.4 is 0 Å². The van der Waals surface area contributed by atoms with Gasteiger partial charge in [0.25, 0.3) is 0 Å². The first-order chi connectivity index (χ1) is 26.5. The summed E-state index contributed by atoms with van der Waals surface area (Å²) in [6.45, 7) is 13.6. The molecule has 0 aliphatic heterocycles. The Kier molecular flexibility index (Phi) is 26.5. The number of hydrogen-bond acceptors (Lipinski definition) is 0. The fourth-order valence-electron chi connectivity index (χ4n) is 7.26. The maximum atomic E-state index is 9.97. The Bertz CT molecular complexity index is 1510. The van der Waals surface area contributed by atoms with Crippen molar-refractivity contribution in [3.63, 3.8) is 0 Å². The van der Waals surface area contributed by atoms with Crippen LogP contribution in [0.5, 0.6) is 0 Å². The monoisotopic (exact) mass is 729 g/mol. The lowest BCUT2D eigenvalue weighted by Crippen LogP contribution is -2.03. The number of benzene rings is 2. The third-order valence-electron chi connectivity index (χ3n) is 10.6. The molecule has 2 aromatic carbocycles. The van der Waals surface area contributed by atoms with Gasteiger partial charge in [0, 0.05) is 24.0 Å². The van der Waals surface area contributed by atoms with Crippen molar-refractivity contribution in [2.75, 3.05) is 0 Å². The Labute approximate surface area is 333 Å². The van der Waals surface area contributed by atoms with E-state index in [0.717, 1.165) is 92.9 Å². The van der Waals surface area contributed by atoms with Crippen molar-refractivity contribution >= 4 is 11.4 Å². The summed E-state index contributed by atoms with van der Waals surface area (Å²) >= 11 is 0. The molecule has 2 rings (SSSR count). The molecule has 0 unspecified atom stereocenters. The van der Waals surface area contributed by atoms with Crippen LogP contribution in [0.1, 0.15) is 229 Å². The van der Waals surface area contributed by atoms with Crippen molar-refractivity contribution < 1.29 is 4.79 Å². The van der Waals surface area contributed by atoms with Crippen LogP contribution in [-0.4, -0.2) is 10.7 Å². The van der Waals surface area contributed by atoms with Gasteiger partial charge in [0.1, 0.15) is 0 Å². The molecule has 0 aromatic heterocycles. The van der Waals surface area contributed by atoms with Crippen LogP contribution in [0.4, 0.5) is 0 Å². The highest BCUT2D eigenvalue weighted by molar-refractivity contribution is 5.88. The van der Waals surface area contributed by atoms with Crippen molar-refractivity contribution in [2.24, 2.45) is 0 Å². The first-order valence-corrected chi connectivity index (χ1v) is 22.5. The van der Waals surface area contributed by atoms with Gasteiger partial charge >= 0.3 is 5.87 Å². The van der Waals surface area contributed by atoms with Gasteiger partial charge in [-0.3, -0.25) is 0 Å². The van der Waals surface area contributed by atoms with E-state index in [0.29, 0.717) is 0 Å². The van der Waals surface area contributed by atoms with E-state index in [1.807, 2.05) is 0 Å². The molecule has 0 amide bonds. The van der Waals surface area contributed by atoms with Crippen molar-refractivity contribution in [3.8, 4) is 23.7 Å². The predicted octanol–water partition coefficient (Wildman–Crippen LogP) is 15.6. The van der Waals surface area contributed by atoms with E-state index in [2.05, 4.69) is 112 Å².